The van der Waals surface area contributed by atoms with Crippen molar-refractivity contribution in [3.63, 3.8) is 0 Å². The lowest BCUT2D eigenvalue weighted by Gasteiger charge is -2.32. The molecule has 0 aromatic carbocycles. The van der Waals surface area contributed by atoms with Gasteiger partial charge in [0, 0.05) is 19.8 Å². The second kappa shape index (κ2) is 4.96. The highest BCUT2D eigenvalue weighted by Crippen LogP contribution is 2.29. The highest BCUT2D eigenvalue weighted by atomic mass is 16.1. The third kappa shape index (κ3) is 2.15. The van der Waals surface area contributed by atoms with Crippen molar-refractivity contribution in [2.24, 2.45) is 0 Å². The average molecular weight is 219 g/mol. The second-order valence-corrected chi connectivity index (χ2v) is 4.08. The van der Waals surface area contributed by atoms with Crippen molar-refractivity contribution < 1.29 is 4.79 Å². The number of hydrogen-bond donors (Lipinski definition) is 1. The van der Waals surface area contributed by atoms with Crippen LogP contribution in [0.3, 0.4) is 0 Å². The number of nitrogens with one attached hydrogen (secondary N) is 1. The van der Waals surface area contributed by atoms with E-state index in [4.69, 9.17) is 0 Å². The molecule has 0 bridgehead atoms. The predicted molar refractivity (Wildman–Crippen MR) is 63.1 cm³/mol. The fourth-order valence-electron chi connectivity index (χ4n) is 2.19. The number of amides is 1. The molecule has 1 aliphatic heterocycles. The van der Waals surface area contributed by atoms with Crippen LogP contribution in [0.5, 0.6) is 0 Å². The Balaban J connectivity index is 2.17. The van der Waals surface area contributed by atoms with E-state index in [1.165, 1.54) is 6.42 Å². The van der Waals surface area contributed by atoms with Crippen LogP contribution in [-0.4, -0.2) is 29.9 Å². The molecule has 1 N–H and O–H groups in total. The third-order valence-corrected chi connectivity index (χ3v) is 3.11. The van der Waals surface area contributed by atoms with Crippen molar-refractivity contribution in [2.75, 3.05) is 18.9 Å². The Morgan fingerprint density at radius 3 is 3.00 bits per heavy atom. The van der Waals surface area contributed by atoms with Gasteiger partial charge in [-0.15, -0.1) is 0 Å². The van der Waals surface area contributed by atoms with E-state index in [0.29, 0.717) is 0 Å². The van der Waals surface area contributed by atoms with E-state index in [1.807, 2.05) is 30.3 Å². The van der Waals surface area contributed by atoms with Gasteiger partial charge in [0.25, 0.3) is 0 Å². The summed E-state index contributed by atoms with van der Waals surface area (Å²) in [5.41, 5.74) is 1.13. The quantitative estimate of drug-likeness (QED) is 0.788. The van der Waals surface area contributed by atoms with E-state index < -0.39 is 0 Å². The molecule has 1 aromatic rings. The Morgan fingerprint density at radius 2 is 2.38 bits per heavy atom. The Bertz CT molecular complexity index is 350. The largest absolute Gasteiger partial charge is 0.373 e. The summed E-state index contributed by atoms with van der Waals surface area (Å²) in [6, 6.07) is 4.21. The highest BCUT2D eigenvalue weighted by Gasteiger charge is 2.22. The number of pyridine rings is 1. The van der Waals surface area contributed by atoms with Gasteiger partial charge >= 0.3 is 0 Å². The maximum Gasteiger partial charge on any atom is 0.210 e. The van der Waals surface area contributed by atoms with Crippen LogP contribution in [-0.2, 0) is 4.79 Å². The maximum atomic E-state index is 11.0. The van der Waals surface area contributed by atoms with Crippen molar-refractivity contribution in [1.29, 1.82) is 0 Å². The summed E-state index contributed by atoms with van der Waals surface area (Å²) in [6.07, 6.45) is 6.15. The zero-order chi connectivity index (χ0) is 11.4. The highest BCUT2D eigenvalue weighted by molar-refractivity contribution is 5.49. The van der Waals surface area contributed by atoms with Crippen molar-refractivity contribution in [2.45, 2.75) is 25.3 Å². The van der Waals surface area contributed by atoms with Gasteiger partial charge in [0.15, 0.2) is 0 Å². The molecular formula is C12H17N3O. The zero-order valence-corrected chi connectivity index (χ0v) is 9.52. The summed E-state index contributed by atoms with van der Waals surface area (Å²) in [5, 5.41) is 2.99. The molecular weight excluding hydrogens is 202 g/mol. The van der Waals surface area contributed by atoms with Crippen LogP contribution < -0.4 is 5.32 Å². The second-order valence-electron chi connectivity index (χ2n) is 4.08. The predicted octanol–water partition coefficient (Wildman–Crippen LogP) is 1.81. The molecule has 4 nitrogen and oxygen atoms in total. The molecule has 1 aliphatic rings. The molecule has 1 aromatic heterocycles. The number of carbonyl (C=O) groups excluding carboxylic acids is 1. The lowest BCUT2D eigenvalue weighted by Crippen LogP contribution is -2.32. The smallest absolute Gasteiger partial charge is 0.210 e. The molecule has 2 heterocycles. The van der Waals surface area contributed by atoms with E-state index in [0.717, 1.165) is 37.2 Å². The fraction of sp³-hybridized carbons (Fsp3) is 0.500. The van der Waals surface area contributed by atoms with Crippen LogP contribution in [0.2, 0.25) is 0 Å². The first-order chi connectivity index (χ1) is 7.85. The minimum Gasteiger partial charge on any atom is -0.373 e. The molecule has 0 aliphatic carbocycles. The molecule has 1 atom stereocenters. The molecule has 0 spiro atoms. The Hall–Kier alpha value is -1.58. The maximum absolute atomic E-state index is 11.0. The van der Waals surface area contributed by atoms with E-state index in [-0.39, 0.29) is 6.04 Å². The minimum absolute atomic E-state index is 0.213. The van der Waals surface area contributed by atoms with Crippen LogP contribution in [0, 0.1) is 0 Å². The van der Waals surface area contributed by atoms with Crippen LogP contribution in [0.1, 0.15) is 30.9 Å². The number of rotatable bonds is 3. The summed E-state index contributed by atoms with van der Waals surface area (Å²) >= 11 is 0. The summed E-state index contributed by atoms with van der Waals surface area (Å²) in [5.74, 6) is 0.859. The molecule has 1 saturated heterocycles. The number of nitrogens with zero attached hydrogens (tertiary/aromatic N) is 2. The van der Waals surface area contributed by atoms with Gasteiger partial charge in [-0.05, 0) is 30.9 Å². The third-order valence-electron chi connectivity index (χ3n) is 3.11. The van der Waals surface area contributed by atoms with Gasteiger partial charge in [-0.25, -0.2) is 4.98 Å². The van der Waals surface area contributed by atoms with Gasteiger partial charge in [-0.1, -0.05) is 6.07 Å². The monoisotopic (exact) mass is 219 g/mol. The first-order valence-corrected chi connectivity index (χ1v) is 5.70. The summed E-state index contributed by atoms with van der Waals surface area (Å²) < 4.78 is 0. The van der Waals surface area contributed by atoms with Gasteiger partial charge in [0.1, 0.15) is 5.82 Å². The molecule has 0 radical (unpaired) electrons. The summed E-state index contributed by atoms with van der Waals surface area (Å²) in [7, 11) is 1.85. The number of anilines is 1. The van der Waals surface area contributed by atoms with Crippen molar-refractivity contribution in [1.82, 2.24) is 9.88 Å². The molecule has 1 fully saturated rings. The average Bonchev–Trinajstić information content (AvgIpc) is 2.39. The van der Waals surface area contributed by atoms with E-state index in [1.54, 1.807) is 0 Å². The number of hydrogen-bond acceptors (Lipinski definition) is 3. The Labute approximate surface area is 95.7 Å². The summed E-state index contributed by atoms with van der Waals surface area (Å²) in [6.45, 7) is 0.863. The van der Waals surface area contributed by atoms with E-state index in [2.05, 4.69) is 10.3 Å². The topological polar surface area (TPSA) is 45.2 Å². The van der Waals surface area contributed by atoms with E-state index in [9.17, 15) is 4.79 Å². The van der Waals surface area contributed by atoms with Gasteiger partial charge in [-0.3, -0.25) is 4.79 Å². The summed E-state index contributed by atoms with van der Waals surface area (Å²) in [4.78, 5) is 17.1. The van der Waals surface area contributed by atoms with Gasteiger partial charge < -0.3 is 10.2 Å². The number of aromatic nitrogens is 1. The van der Waals surface area contributed by atoms with Crippen LogP contribution >= 0.6 is 0 Å². The first-order valence-electron chi connectivity index (χ1n) is 5.70. The fourth-order valence-corrected chi connectivity index (χ4v) is 2.19. The molecule has 0 saturated carbocycles. The molecule has 0 unspecified atom stereocenters. The normalized spacial score (nSPS) is 20.6. The Kier molecular flexibility index (Phi) is 3.39. The molecule has 4 heteroatoms. The number of carbonyl (C=O) groups is 1. The van der Waals surface area contributed by atoms with E-state index >= 15 is 0 Å². The van der Waals surface area contributed by atoms with Crippen molar-refractivity contribution in [3.05, 3.63) is 23.9 Å². The lowest BCUT2D eigenvalue weighted by atomic mass is 9.97. The number of piperidine rings is 1. The zero-order valence-electron chi connectivity index (χ0n) is 9.52. The molecule has 1 amide bonds. The SMILES string of the molecule is CNc1ccc([C@@H]2CCCCN2C=O)cn1. The van der Waals surface area contributed by atoms with Crippen LogP contribution in [0.25, 0.3) is 0 Å². The van der Waals surface area contributed by atoms with Gasteiger partial charge in [0.05, 0.1) is 6.04 Å². The minimum atomic E-state index is 0.213. The van der Waals surface area contributed by atoms with Crippen LogP contribution in [0.15, 0.2) is 18.3 Å². The van der Waals surface area contributed by atoms with Gasteiger partial charge in [-0.2, -0.15) is 0 Å². The molecule has 2 rings (SSSR count). The number of likely N-dealkylation sites (tertiary alicyclic amines) is 1. The van der Waals surface area contributed by atoms with Crippen molar-refractivity contribution >= 4 is 12.2 Å². The van der Waals surface area contributed by atoms with Gasteiger partial charge in [0.2, 0.25) is 6.41 Å². The molecule has 16 heavy (non-hydrogen) atoms. The standard InChI is InChI=1S/C12H17N3O/c1-13-12-6-5-10(8-14-12)11-4-2-3-7-15(11)9-16/h5-6,8-9,11H,2-4,7H2,1H3,(H,13,14)/t11-/m0/s1. The lowest BCUT2D eigenvalue weighted by molar-refractivity contribution is -0.121. The van der Waals surface area contributed by atoms with Crippen LogP contribution in [0.4, 0.5) is 5.82 Å². The van der Waals surface area contributed by atoms with Crippen molar-refractivity contribution in [3.8, 4) is 0 Å². The Morgan fingerprint density at radius 1 is 1.50 bits per heavy atom. The molecule has 86 valence electrons. The first kappa shape index (κ1) is 10.9.